The van der Waals surface area contributed by atoms with E-state index in [1.54, 1.807) is 0 Å². The lowest BCUT2D eigenvalue weighted by Gasteiger charge is -2.18. The summed E-state index contributed by atoms with van der Waals surface area (Å²) in [5, 5.41) is 4.45. The number of aromatic nitrogens is 2. The lowest BCUT2D eigenvalue weighted by Crippen LogP contribution is -2.28. The quantitative estimate of drug-likeness (QED) is 0.805. The Hall–Kier alpha value is -0.830. The summed E-state index contributed by atoms with van der Waals surface area (Å²) in [4.78, 5) is 0. The van der Waals surface area contributed by atoms with Gasteiger partial charge < -0.3 is 5.73 Å². The van der Waals surface area contributed by atoms with E-state index < -0.39 is 0 Å². The maximum atomic E-state index is 5.95. The third kappa shape index (κ3) is 3.06. The van der Waals surface area contributed by atoms with Crippen molar-refractivity contribution in [2.75, 3.05) is 0 Å². The smallest absolute Gasteiger partial charge is 0.0624 e. The molecule has 15 heavy (non-hydrogen) atoms. The zero-order valence-electron chi connectivity index (χ0n) is 10.3. The average molecular weight is 209 g/mol. The third-order valence-electron chi connectivity index (χ3n) is 3.13. The Kier molecular flexibility index (Phi) is 4.33. The molecule has 0 amide bonds. The number of hydrogen-bond acceptors (Lipinski definition) is 2. The summed E-state index contributed by atoms with van der Waals surface area (Å²) in [5.74, 6) is 0.560. The molecule has 3 heteroatoms. The van der Waals surface area contributed by atoms with E-state index in [1.807, 2.05) is 11.7 Å². The van der Waals surface area contributed by atoms with Gasteiger partial charge in [-0.2, -0.15) is 5.10 Å². The van der Waals surface area contributed by atoms with Crippen molar-refractivity contribution in [3.05, 3.63) is 17.5 Å². The minimum Gasteiger partial charge on any atom is -0.328 e. The van der Waals surface area contributed by atoms with Crippen LogP contribution in [0.25, 0.3) is 0 Å². The molecule has 3 nitrogen and oxygen atoms in total. The molecule has 86 valence electrons. The van der Waals surface area contributed by atoms with E-state index in [9.17, 15) is 0 Å². The van der Waals surface area contributed by atoms with Gasteiger partial charge in [0.25, 0.3) is 0 Å². The summed E-state index contributed by atoms with van der Waals surface area (Å²) in [6, 6.07) is 2.46. The second kappa shape index (κ2) is 5.31. The minimum atomic E-state index is 0.259. The van der Waals surface area contributed by atoms with Crippen LogP contribution in [0.1, 0.15) is 38.6 Å². The van der Waals surface area contributed by atoms with Gasteiger partial charge in [0.2, 0.25) is 0 Å². The van der Waals surface area contributed by atoms with Gasteiger partial charge in [-0.05, 0) is 31.7 Å². The summed E-state index contributed by atoms with van der Waals surface area (Å²) in [6.45, 7) is 6.42. The Bertz CT molecular complexity index is 302. The van der Waals surface area contributed by atoms with Crippen molar-refractivity contribution < 1.29 is 0 Å². The molecule has 0 fully saturated rings. The van der Waals surface area contributed by atoms with Crippen LogP contribution in [0.15, 0.2) is 6.07 Å². The highest BCUT2D eigenvalue weighted by atomic mass is 15.3. The van der Waals surface area contributed by atoms with Crippen LogP contribution in [0.2, 0.25) is 0 Å². The number of nitrogens with two attached hydrogens (primary N) is 1. The van der Waals surface area contributed by atoms with Crippen LogP contribution in [0.4, 0.5) is 0 Å². The van der Waals surface area contributed by atoms with Crippen LogP contribution in [-0.2, 0) is 19.9 Å². The second-order valence-corrected chi connectivity index (χ2v) is 4.34. The summed E-state index contributed by atoms with van der Waals surface area (Å²) in [6.07, 6.45) is 3.17. The van der Waals surface area contributed by atoms with Crippen molar-refractivity contribution >= 4 is 0 Å². The lowest BCUT2D eigenvalue weighted by atomic mass is 9.93. The first-order valence-corrected chi connectivity index (χ1v) is 5.85. The first-order valence-electron chi connectivity index (χ1n) is 5.85. The Morgan fingerprint density at radius 3 is 2.53 bits per heavy atom. The van der Waals surface area contributed by atoms with E-state index in [1.165, 1.54) is 11.4 Å². The Balaban J connectivity index is 2.74. The monoisotopic (exact) mass is 209 g/mol. The van der Waals surface area contributed by atoms with Crippen molar-refractivity contribution in [3.63, 3.8) is 0 Å². The molecule has 0 saturated carbocycles. The molecule has 1 rings (SSSR count). The van der Waals surface area contributed by atoms with E-state index >= 15 is 0 Å². The molecule has 2 unspecified atom stereocenters. The fraction of sp³-hybridized carbons (Fsp3) is 0.750. The summed E-state index contributed by atoms with van der Waals surface area (Å²) in [7, 11) is 2.02. The molecular weight excluding hydrogens is 186 g/mol. The molecule has 1 aromatic rings. The standard InChI is InChI=1S/C12H23N3/c1-5-10(9(3)13)7-12-8-11(6-2)14-15(12)4/h8-10H,5-7,13H2,1-4H3. The van der Waals surface area contributed by atoms with Gasteiger partial charge in [-0.25, -0.2) is 0 Å². The van der Waals surface area contributed by atoms with Gasteiger partial charge in [0.05, 0.1) is 5.69 Å². The number of rotatable bonds is 5. The first-order chi connectivity index (χ1) is 7.08. The van der Waals surface area contributed by atoms with Crippen molar-refractivity contribution in [3.8, 4) is 0 Å². The van der Waals surface area contributed by atoms with E-state index in [4.69, 9.17) is 5.73 Å². The molecule has 0 radical (unpaired) electrons. The van der Waals surface area contributed by atoms with Crippen molar-refractivity contribution in [2.45, 2.75) is 46.1 Å². The average Bonchev–Trinajstić information content (AvgIpc) is 2.55. The normalized spacial score (nSPS) is 15.3. The summed E-state index contributed by atoms with van der Waals surface area (Å²) in [5.41, 5.74) is 8.43. The molecule has 1 aromatic heterocycles. The van der Waals surface area contributed by atoms with E-state index in [2.05, 4.69) is 31.9 Å². The molecule has 0 aliphatic carbocycles. The number of aryl methyl sites for hydroxylation is 2. The SMILES string of the molecule is CCc1cc(CC(CC)C(C)N)n(C)n1. The minimum absolute atomic E-state index is 0.259. The largest absolute Gasteiger partial charge is 0.328 e. The maximum Gasteiger partial charge on any atom is 0.0624 e. The fourth-order valence-corrected chi connectivity index (χ4v) is 1.91. The second-order valence-electron chi connectivity index (χ2n) is 4.34. The van der Waals surface area contributed by atoms with Crippen LogP contribution in [0.3, 0.4) is 0 Å². The van der Waals surface area contributed by atoms with Crippen LogP contribution in [-0.4, -0.2) is 15.8 Å². The van der Waals surface area contributed by atoms with Crippen LogP contribution >= 0.6 is 0 Å². The molecule has 0 aliphatic heterocycles. The number of nitrogens with zero attached hydrogens (tertiary/aromatic N) is 2. The van der Waals surface area contributed by atoms with Crippen molar-refractivity contribution in [1.82, 2.24) is 9.78 Å². The molecule has 1 heterocycles. The fourth-order valence-electron chi connectivity index (χ4n) is 1.91. The zero-order chi connectivity index (χ0) is 11.4. The Morgan fingerprint density at radius 1 is 1.47 bits per heavy atom. The third-order valence-corrected chi connectivity index (χ3v) is 3.13. The molecule has 0 aromatic carbocycles. The first kappa shape index (κ1) is 12.2. The summed E-state index contributed by atoms with van der Waals surface area (Å²) >= 11 is 0. The highest BCUT2D eigenvalue weighted by molar-refractivity contribution is 5.11. The predicted molar refractivity (Wildman–Crippen MR) is 63.7 cm³/mol. The van der Waals surface area contributed by atoms with Gasteiger partial charge in [-0.15, -0.1) is 0 Å². The predicted octanol–water partition coefficient (Wildman–Crippen LogP) is 1.90. The summed E-state index contributed by atoms with van der Waals surface area (Å²) < 4.78 is 1.99. The van der Waals surface area contributed by atoms with Gasteiger partial charge >= 0.3 is 0 Å². The van der Waals surface area contributed by atoms with Gasteiger partial charge in [0.15, 0.2) is 0 Å². The van der Waals surface area contributed by atoms with E-state index in [0.717, 1.165) is 19.3 Å². The van der Waals surface area contributed by atoms with E-state index in [0.29, 0.717) is 5.92 Å². The van der Waals surface area contributed by atoms with Crippen molar-refractivity contribution in [2.24, 2.45) is 18.7 Å². The van der Waals surface area contributed by atoms with Crippen LogP contribution in [0.5, 0.6) is 0 Å². The molecule has 0 saturated heterocycles. The van der Waals surface area contributed by atoms with E-state index in [-0.39, 0.29) is 6.04 Å². The number of hydrogen-bond donors (Lipinski definition) is 1. The van der Waals surface area contributed by atoms with Gasteiger partial charge in [-0.3, -0.25) is 4.68 Å². The molecular formula is C12H23N3. The maximum absolute atomic E-state index is 5.95. The van der Waals surface area contributed by atoms with Crippen LogP contribution < -0.4 is 5.73 Å². The highest BCUT2D eigenvalue weighted by Crippen LogP contribution is 2.15. The molecule has 2 N–H and O–H groups in total. The van der Waals surface area contributed by atoms with Gasteiger partial charge in [0.1, 0.15) is 0 Å². The molecule has 0 bridgehead atoms. The van der Waals surface area contributed by atoms with Crippen LogP contribution in [0, 0.1) is 5.92 Å². The molecule has 0 aliphatic rings. The lowest BCUT2D eigenvalue weighted by molar-refractivity contribution is 0.417. The Morgan fingerprint density at radius 2 is 2.13 bits per heavy atom. The molecule has 0 spiro atoms. The molecule has 2 atom stereocenters. The topological polar surface area (TPSA) is 43.8 Å². The Labute approximate surface area is 92.7 Å². The zero-order valence-corrected chi connectivity index (χ0v) is 10.3. The highest BCUT2D eigenvalue weighted by Gasteiger charge is 2.14. The van der Waals surface area contributed by atoms with Gasteiger partial charge in [-0.1, -0.05) is 20.3 Å². The van der Waals surface area contributed by atoms with Crippen molar-refractivity contribution in [1.29, 1.82) is 0 Å². The van der Waals surface area contributed by atoms with Gasteiger partial charge in [0, 0.05) is 18.8 Å².